The summed E-state index contributed by atoms with van der Waals surface area (Å²) >= 11 is 0. The first-order valence-corrected chi connectivity index (χ1v) is 6.86. The molecule has 1 aromatic carbocycles. The van der Waals surface area contributed by atoms with Crippen molar-refractivity contribution in [3.05, 3.63) is 29.3 Å². The van der Waals surface area contributed by atoms with Crippen molar-refractivity contribution in [3.8, 4) is 5.75 Å². The molecule has 1 amide bonds. The molecule has 0 aromatic heterocycles. The van der Waals surface area contributed by atoms with Crippen LogP contribution in [0.3, 0.4) is 0 Å². The van der Waals surface area contributed by atoms with Gasteiger partial charge in [0.1, 0.15) is 5.75 Å². The Morgan fingerprint density at radius 2 is 2.32 bits per heavy atom. The van der Waals surface area contributed by atoms with Crippen LogP contribution in [0.4, 0.5) is 0 Å². The van der Waals surface area contributed by atoms with Crippen LogP contribution in [0.5, 0.6) is 5.75 Å². The number of fused-ring (bicyclic) bond motifs is 1. The van der Waals surface area contributed by atoms with Gasteiger partial charge in [-0.15, -0.1) is 0 Å². The van der Waals surface area contributed by atoms with Crippen LogP contribution in [-0.4, -0.2) is 26.6 Å². The molecule has 0 saturated heterocycles. The molecule has 1 aliphatic rings. The third-order valence-electron chi connectivity index (χ3n) is 3.61. The van der Waals surface area contributed by atoms with Gasteiger partial charge in [0.2, 0.25) is 5.91 Å². The molecule has 1 aromatic rings. The number of hydrogen-bond acceptors (Lipinski definition) is 3. The summed E-state index contributed by atoms with van der Waals surface area (Å²) in [5, 5.41) is 6.17. The molecule has 0 aliphatic heterocycles. The number of carbonyl (C=O) groups is 1. The molecule has 0 fully saturated rings. The van der Waals surface area contributed by atoms with E-state index >= 15 is 0 Å². The van der Waals surface area contributed by atoms with Crippen molar-refractivity contribution in [2.24, 2.45) is 0 Å². The number of hydrogen-bond donors (Lipinski definition) is 2. The number of rotatable bonds is 6. The Morgan fingerprint density at radius 3 is 3.05 bits per heavy atom. The average molecular weight is 262 g/mol. The fourth-order valence-corrected chi connectivity index (χ4v) is 2.65. The van der Waals surface area contributed by atoms with Gasteiger partial charge in [0.15, 0.2) is 0 Å². The maximum atomic E-state index is 11.9. The van der Waals surface area contributed by atoms with Gasteiger partial charge in [0, 0.05) is 6.42 Å². The topological polar surface area (TPSA) is 50.4 Å². The highest BCUT2D eigenvalue weighted by Crippen LogP contribution is 2.36. The van der Waals surface area contributed by atoms with Crippen LogP contribution in [0.15, 0.2) is 18.2 Å². The van der Waals surface area contributed by atoms with Gasteiger partial charge in [0.25, 0.3) is 0 Å². The summed E-state index contributed by atoms with van der Waals surface area (Å²) < 4.78 is 5.37. The lowest BCUT2D eigenvalue weighted by Gasteiger charge is -2.14. The van der Waals surface area contributed by atoms with Crippen molar-refractivity contribution in [3.63, 3.8) is 0 Å². The van der Waals surface area contributed by atoms with E-state index in [4.69, 9.17) is 4.74 Å². The quantitative estimate of drug-likeness (QED) is 0.769. The Bertz CT molecular complexity index is 446. The first-order chi connectivity index (χ1) is 9.26. The number of nitrogens with one attached hydrogen (secondary N) is 2. The molecule has 0 radical (unpaired) electrons. The Morgan fingerprint density at radius 1 is 1.47 bits per heavy atom. The summed E-state index contributed by atoms with van der Waals surface area (Å²) in [5.74, 6) is 1.07. The van der Waals surface area contributed by atoms with Crippen LogP contribution in [0.25, 0.3) is 0 Å². The molecule has 2 N–H and O–H groups in total. The average Bonchev–Trinajstić information content (AvgIpc) is 2.82. The van der Waals surface area contributed by atoms with E-state index in [1.54, 1.807) is 7.11 Å². The first-order valence-electron chi connectivity index (χ1n) is 6.86. The summed E-state index contributed by atoms with van der Waals surface area (Å²) in [7, 11) is 3.59. The highest BCUT2D eigenvalue weighted by molar-refractivity contribution is 5.76. The monoisotopic (exact) mass is 262 g/mol. The van der Waals surface area contributed by atoms with Crippen LogP contribution in [0.1, 0.15) is 36.4 Å². The zero-order valence-corrected chi connectivity index (χ0v) is 11.7. The first kappa shape index (κ1) is 13.9. The molecule has 1 aliphatic carbocycles. The van der Waals surface area contributed by atoms with E-state index in [1.807, 2.05) is 19.2 Å². The van der Waals surface area contributed by atoms with Gasteiger partial charge in [-0.1, -0.05) is 12.1 Å². The highest BCUT2D eigenvalue weighted by atomic mass is 16.5. The van der Waals surface area contributed by atoms with E-state index in [0.29, 0.717) is 6.42 Å². The van der Waals surface area contributed by atoms with Crippen molar-refractivity contribution in [1.82, 2.24) is 10.6 Å². The molecule has 19 heavy (non-hydrogen) atoms. The SMILES string of the molecule is CNCCCC(=O)NC1CCc2c(OC)cccc21. The van der Waals surface area contributed by atoms with Gasteiger partial charge in [0.05, 0.1) is 13.2 Å². The van der Waals surface area contributed by atoms with Gasteiger partial charge in [-0.25, -0.2) is 0 Å². The lowest BCUT2D eigenvalue weighted by molar-refractivity contribution is -0.121. The van der Waals surface area contributed by atoms with Gasteiger partial charge in [-0.2, -0.15) is 0 Å². The minimum atomic E-state index is 0.135. The zero-order chi connectivity index (χ0) is 13.7. The molecule has 2 rings (SSSR count). The van der Waals surface area contributed by atoms with E-state index in [9.17, 15) is 4.79 Å². The highest BCUT2D eigenvalue weighted by Gasteiger charge is 2.25. The molecule has 104 valence electrons. The van der Waals surface area contributed by atoms with E-state index < -0.39 is 0 Å². The molecule has 0 spiro atoms. The number of carbonyl (C=O) groups excluding carboxylic acids is 1. The maximum Gasteiger partial charge on any atom is 0.220 e. The van der Waals surface area contributed by atoms with E-state index in [2.05, 4.69) is 16.7 Å². The summed E-state index contributed by atoms with van der Waals surface area (Å²) in [4.78, 5) is 11.9. The molecule has 4 heteroatoms. The summed E-state index contributed by atoms with van der Waals surface area (Å²) in [6.07, 6.45) is 3.39. The summed E-state index contributed by atoms with van der Waals surface area (Å²) in [5.41, 5.74) is 2.45. The number of ether oxygens (including phenoxy) is 1. The second-order valence-electron chi connectivity index (χ2n) is 4.89. The third-order valence-corrected chi connectivity index (χ3v) is 3.61. The molecule has 0 saturated carbocycles. The minimum Gasteiger partial charge on any atom is -0.496 e. The van der Waals surface area contributed by atoms with Gasteiger partial charge in [-0.3, -0.25) is 4.79 Å². The predicted octanol–water partition coefficient (Wildman–Crippen LogP) is 1.80. The predicted molar refractivity (Wildman–Crippen MR) is 75.4 cm³/mol. The van der Waals surface area contributed by atoms with Crippen molar-refractivity contribution < 1.29 is 9.53 Å². The molecule has 1 atom stereocenters. The summed E-state index contributed by atoms with van der Waals surface area (Å²) in [6, 6.07) is 6.20. The number of amides is 1. The minimum absolute atomic E-state index is 0.135. The molecule has 4 nitrogen and oxygen atoms in total. The van der Waals surface area contributed by atoms with Crippen LogP contribution in [0, 0.1) is 0 Å². The zero-order valence-electron chi connectivity index (χ0n) is 11.7. The fourth-order valence-electron chi connectivity index (χ4n) is 2.65. The smallest absolute Gasteiger partial charge is 0.220 e. The van der Waals surface area contributed by atoms with Crippen LogP contribution >= 0.6 is 0 Å². The molecular formula is C15H22N2O2. The van der Waals surface area contributed by atoms with Crippen molar-refractivity contribution in [1.29, 1.82) is 0 Å². The van der Waals surface area contributed by atoms with E-state index in [1.165, 1.54) is 11.1 Å². The number of methoxy groups -OCH3 is 1. The molecule has 0 heterocycles. The van der Waals surface area contributed by atoms with E-state index in [0.717, 1.165) is 31.6 Å². The van der Waals surface area contributed by atoms with Crippen LogP contribution in [-0.2, 0) is 11.2 Å². The summed E-state index contributed by atoms with van der Waals surface area (Å²) in [6.45, 7) is 0.877. The Hall–Kier alpha value is -1.55. The molecule has 1 unspecified atom stereocenters. The van der Waals surface area contributed by atoms with Crippen LogP contribution < -0.4 is 15.4 Å². The lowest BCUT2D eigenvalue weighted by atomic mass is 10.1. The largest absolute Gasteiger partial charge is 0.496 e. The van der Waals surface area contributed by atoms with Crippen molar-refractivity contribution in [2.75, 3.05) is 20.7 Å². The van der Waals surface area contributed by atoms with Crippen molar-refractivity contribution >= 4 is 5.91 Å². The van der Waals surface area contributed by atoms with E-state index in [-0.39, 0.29) is 11.9 Å². The standard InChI is InChI=1S/C15H22N2O2/c1-16-10-4-7-15(18)17-13-9-8-12-11(13)5-3-6-14(12)19-2/h3,5-6,13,16H,4,7-10H2,1-2H3,(H,17,18). The second-order valence-corrected chi connectivity index (χ2v) is 4.89. The van der Waals surface area contributed by atoms with Gasteiger partial charge < -0.3 is 15.4 Å². The Balaban J connectivity index is 1.97. The fraction of sp³-hybridized carbons (Fsp3) is 0.533. The normalized spacial score (nSPS) is 17.1. The van der Waals surface area contributed by atoms with Gasteiger partial charge >= 0.3 is 0 Å². The second kappa shape index (κ2) is 6.57. The van der Waals surface area contributed by atoms with Crippen molar-refractivity contribution in [2.45, 2.75) is 31.7 Å². The Labute approximate surface area is 114 Å². The van der Waals surface area contributed by atoms with Gasteiger partial charge in [-0.05, 0) is 50.0 Å². The third kappa shape index (κ3) is 3.26. The molecule has 0 bridgehead atoms. The lowest BCUT2D eigenvalue weighted by Crippen LogP contribution is -2.27. The molecular weight excluding hydrogens is 240 g/mol. The Kier molecular flexibility index (Phi) is 4.80. The van der Waals surface area contributed by atoms with Crippen LogP contribution in [0.2, 0.25) is 0 Å². The number of benzene rings is 1. The maximum absolute atomic E-state index is 11.9.